The van der Waals surface area contributed by atoms with E-state index < -0.39 is 6.04 Å². The van der Waals surface area contributed by atoms with Crippen LogP contribution in [-0.4, -0.2) is 28.8 Å². The maximum absolute atomic E-state index is 13.2. The summed E-state index contributed by atoms with van der Waals surface area (Å²) in [6, 6.07) is 13.5. The Kier molecular flexibility index (Phi) is 7.61. The molecule has 0 spiro atoms. The summed E-state index contributed by atoms with van der Waals surface area (Å²) in [5, 5.41) is 3.14. The largest absolute Gasteiger partial charge is 0.352 e. The van der Waals surface area contributed by atoms with Gasteiger partial charge in [-0.05, 0) is 49.9 Å². The van der Waals surface area contributed by atoms with Gasteiger partial charge in [-0.3, -0.25) is 9.59 Å². The van der Waals surface area contributed by atoms with Gasteiger partial charge >= 0.3 is 0 Å². The van der Waals surface area contributed by atoms with Gasteiger partial charge in [0.05, 0.1) is 6.42 Å². The minimum atomic E-state index is -0.583. The van der Waals surface area contributed by atoms with Gasteiger partial charge in [0.15, 0.2) is 0 Å². The number of carbonyl (C=O) groups excluding carboxylic acids is 2. The first-order chi connectivity index (χ1) is 14.4. The molecule has 0 bridgehead atoms. The summed E-state index contributed by atoms with van der Waals surface area (Å²) in [5.41, 5.74) is 2.83. The van der Waals surface area contributed by atoms with Crippen LogP contribution in [0.25, 0.3) is 0 Å². The van der Waals surface area contributed by atoms with E-state index in [9.17, 15) is 14.0 Å². The predicted molar refractivity (Wildman–Crippen MR) is 116 cm³/mol. The van der Waals surface area contributed by atoms with Crippen LogP contribution in [0.3, 0.4) is 0 Å². The fourth-order valence-electron chi connectivity index (χ4n) is 4.04. The maximum Gasteiger partial charge on any atom is 0.242 e. The van der Waals surface area contributed by atoms with Crippen molar-refractivity contribution < 1.29 is 14.0 Å². The average Bonchev–Trinajstić information content (AvgIpc) is 2.74. The fourth-order valence-corrected chi connectivity index (χ4v) is 4.04. The number of aryl methyl sites for hydroxylation is 1. The quantitative estimate of drug-likeness (QED) is 0.728. The third-order valence-corrected chi connectivity index (χ3v) is 5.82. The highest BCUT2D eigenvalue weighted by Gasteiger charge is 2.28. The third kappa shape index (κ3) is 6.15. The van der Waals surface area contributed by atoms with Gasteiger partial charge in [0.2, 0.25) is 11.8 Å². The van der Waals surface area contributed by atoms with Crippen molar-refractivity contribution in [3.8, 4) is 0 Å². The van der Waals surface area contributed by atoms with E-state index in [1.54, 1.807) is 24.0 Å². The molecule has 0 aliphatic heterocycles. The van der Waals surface area contributed by atoms with E-state index in [1.165, 1.54) is 18.6 Å². The predicted octanol–water partition coefficient (Wildman–Crippen LogP) is 4.54. The highest BCUT2D eigenvalue weighted by atomic mass is 19.1. The van der Waals surface area contributed by atoms with E-state index >= 15 is 0 Å². The molecule has 4 nitrogen and oxygen atoms in total. The number of nitrogens with zero attached hydrogens (tertiary/aromatic N) is 1. The van der Waals surface area contributed by atoms with Gasteiger partial charge in [-0.15, -0.1) is 0 Å². The van der Waals surface area contributed by atoms with Crippen LogP contribution in [0.5, 0.6) is 0 Å². The van der Waals surface area contributed by atoms with Gasteiger partial charge in [0.25, 0.3) is 0 Å². The monoisotopic (exact) mass is 410 g/mol. The summed E-state index contributed by atoms with van der Waals surface area (Å²) in [4.78, 5) is 27.8. The van der Waals surface area contributed by atoms with Crippen LogP contribution in [0, 0.1) is 12.7 Å². The number of nitrogens with one attached hydrogen (secondary N) is 1. The molecule has 1 aliphatic rings. The molecule has 2 aromatic carbocycles. The Morgan fingerprint density at radius 3 is 2.43 bits per heavy atom. The van der Waals surface area contributed by atoms with Crippen LogP contribution in [0.2, 0.25) is 0 Å². The Bertz CT molecular complexity index is 860. The van der Waals surface area contributed by atoms with E-state index in [1.807, 2.05) is 31.2 Å². The molecule has 0 heterocycles. The lowest BCUT2D eigenvalue weighted by atomic mass is 9.95. The van der Waals surface area contributed by atoms with Crippen LogP contribution in [0.1, 0.15) is 55.7 Å². The van der Waals surface area contributed by atoms with E-state index in [2.05, 4.69) is 5.32 Å². The number of hydrogen-bond acceptors (Lipinski definition) is 2. The van der Waals surface area contributed by atoms with Gasteiger partial charge in [-0.2, -0.15) is 0 Å². The summed E-state index contributed by atoms with van der Waals surface area (Å²) in [6.07, 6.45) is 5.62. The van der Waals surface area contributed by atoms with Crippen LogP contribution in [0.4, 0.5) is 4.39 Å². The molecule has 1 aliphatic carbocycles. The average molecular weight is 411 g/mol. The first-order valence-electron chi connectivity index (χ1n) is 10.8. The molecule has 1 saturated carbocycles. The second-order valence-corrected chi connectivity index (χ2v) is 8.33. The highest BCUT2D eigenvalue weighted by molar-refractivity contribution is 5.88. The molecule has 2 amide bonds. The first-order valence-corrected chi connectivity index (χ1v) is 10.8. The minimum absolute atomic E-state index is 0.109. The van der Waals surface area contributed by atoms with Gasteiger partial charge < -0.3 is 10.2 Å². The number of benzene rings is 2. The van der Waals surface area contributed by atoms with Crippen molar-refractivity contribution in [3.63, 3.8) is 0 Å². The summed E-state index contributed by atoms with van der Waals surface area (Å²) in [7, 11) is 0. The Morgan fingerprint density at radius 1 is 1.07 bits per heavy atom. The molecule has 5 heteroatoms. The van der Waals surface area contributed by atoms with E-state index in [4.69, 9.17) is 0 Å². The van der Waals surface area contributed by atoms with Crippen LogP contribution in [-0.2, 0) is 22.6 Å². The number of halogens is 1. The summed E-state index contributed by atoms with van der Waals surface area (Å²) >= 11 is 0. The number of hydrogen-bond donors (Lipinski definition) is 1. The van der Waals surface area contributed by atoms with Crippen LogP contribution in [0.15, 0.2) is 48.5 Å². The molecule has 1 atom stereocenters. The fraction of sp³-hybridized carbons (Fsp3) is 0.440. The van der Waals surface area contributed by atoms with Crippen molar-refractivity contribution in [2.75, 3.05) is 0 Å². The summed E-state index contributed by atoms with van der Waals surface area (Å²) in [5.74, 6) is -0.584. The normalized spacial score (nSPS) is 15.4. The van der Waals surface area contributed by atoms with E-state index in [0.717, 1.165) is 42.4 Å². The second-order valence-electron chi connectivity index (χ2n) is 8.33. The Morgan fingerprint density at radius 2 is 1.77 bits per heavy atom. The number of amides is 2. The molecule has 0 aromatic heterocycles. The second kappa shape index (κ2) is 10.4. The van der Waals surface area contributed by atoms with Crippen molar-refractivity contribution in [2.45, 2.75) is 71.0 Å². The lowest BCUT2D eigenvalue weighted by Crippen LogP contribution is -2.50. The molecule has 30 heavy (non-hydrogen) atoms. The smallest absolute Gasteiger partial charge is 0.242 e. The van der Waals surface area contributed by atoms with Crippen molar-refractivity contribution in [1.29, 1.82) is 0 Å². The van der Waals surface area contributed by atoms with Crippen LogP contribution >= 0.6 is 0 Å². The zero-order valence-corrected chi connectivity index (χ0v) is 17.9. The van der Waals surface area contributed by atoms with E-state index in [-0.39, 0.29) is 30.1 Å². The molecule has 1 fully saturated rings. The SMILES string of the molecule is Cc1cccc(CN(C(=O)Cc2ccc(F)cc2)C(C)C(=O)NC2CCCCC2)c1. The van der Waals surface area contributed by atoms with Crippen molar-refractivity contribution >= 4 is 11.8 Å². The maximum atomic E-state index is 13.2. The Balaban J connectivity index is 1.75. The molecular weight excluding hydrogens is 379 g/mol. The lowest BCUT2D eigenvalue weighted by Gasteiger charge is -2.31. The van der Waals surface area contributed by atoms with Gasteiger partial charge in [-0.25, -0.2) is 4.39 Å². The highest BCUT2D eigenvalue weighted by Crippen LogP contribution is 2.19. The van der Waals surface area contributed by atoms with Crippen molar-refractivity contribution in [3.05, 3.63) is 71.0 Å². The molecule has 1 N–H and O–H groups in total. The zero-order valence-electron chi connectivity index (χ0n) is 17.9. The van der Waals surface area contributed by atoms with Crippen LogP contribution < -0.4 is 5.32 Å². The summed E-state index contributed by atoms with van der Waals surface area (Å²) in [6.45, 7) is 4.16. The van der Waals surface area contributed by atoms with Crippen molar-refractivity contribution in [1.82, 2.24) is 10.2 Å². The van der Waals surface area contributed by atoms with Gasteiger partial charge in [0, 0.05) is 12.6 Å². The molecule has 1 unspecified atom stereocenters. The topological polar surface area (TPSA) is 49.4 Å². The third-order valence-electron chi connectivity index (χ3n) is 5.82. The molecular formula is C25H31FN2O2. The van der Waals surface area contributed by atoms with Gasteiger partial charge in [0.1, 0.15) is 11.9 Å². The van der Waals surface area contributed by atoms with E-state index in [0.29, 0.717) is 6.54 Å². The minimum Gasteiger partial charge on any atom is -0.352 e. The zero-order chi connectivity index (χ0) is 21.5. The molecule has 0 radical (unpaired) electrons. The number of carbonyl (C=O) groups is 2. The summed E-state index contributed by atoms with van der Waals surface area (Å²) < 4.78 is 13.2. The Hall–Kier alpha value is -2.69. The lowest BCUT2D eigenvalue weighted by molar-refractivity contribution is -0.140. The molecule has 160 valence electrons. The standard InChI is InChI=1S/C25H31FN2O2/c1-18-7-6-8-21(15-18)17-28(24(29)16-20-11-13-22(26)14-12-20)19(2)25(30)27-23-9-4-3-5-10-23/h6-8,11-15,19,23H,3-5,9-10,16-17H2,1-2H3,(H,27,30). The molecule has 2 aromatic rings. The molecule has 3 rings (SSSR count). The Labute approximate surface area is 178 Å². The molecule has 0 saturated heterocycles. The van der Waals surface area contributed by atoms with Gasteiger partial charge in [-0.1, -0.05) is 61.2 Å². The van der Waals surface area contributed by atoms with Crippen molar-refractivity contribution in [2.24, 2.45) is 0 Å². The first kappa shape index (κ1) is 22.0. The number of rotatable bonds is 7.